The molecule has 0 saturated heterocycles. The second-order valence-electron chi connectivity index (χ2n) is 4.49. The maximum Gasteiger partial charge on any atom is 0.408 e. The standard InChI is InChI=1S/C14H17N5O3/c1-3-22-12-6-5-11(17-18-12)9-19(14(20)21)10(2)13-15-7-4-8-16-13/h4-8,10H,3,9H2,1-2H3,(H,20,21). The number of nitrogens with zero attached hydrogens (tertiary/aromatic N) is 5. The lowest BCUT2D eigenvalue weighted by Crippen LogP contribution is -2.33. The summed E-state index contributed by atoms with van der Waals surface area (Å²) < 4.78 is 5.21. The van der Waals surface area contributed by atoms with Crippen LogP contribution in [0.3, 0.4) is 0 Å². The second-order valence-corrected chi connectivity index (χ2v) is 4.49. The number of carbonyl (C=O) groups is 1. The molecule has 1 amide bonds. The van der Waals surface area contributed by atoms with Crippen LogP contribution in [0, 0.1) is 0 Å². The van der Waals surface area contributed by atoms with E-state index in [0.717, 1.165) is 0 Å². The van der Waals surface area contributed by atoms with Gasteiger partial charge >= 0.3 is 6.09 Å². The van der Waals surface area contributed by atoms with Crippen LogP contribution in [0.5, 0.6) is 5.88 Å². The highest BCUT2D eigenvalue weighted by Gasteiger charge is 2.23. The summed E-state index contributed by atoms with van der Waals surface area (Å²) in [6, 6.07) is 4.54. The Morgan fingerprint density at radius 2 is 2.05 bits per heavy atom. The Kier molecular flexibility index (Phi) is 5.18. The first-order valence-electron chi connectivity index (χ1n) is 6.83. The first-order chi connectivity index (χ1) is 10.6. The lowest BCUT2D eigenvalue weighted by atomic mass is 10.2. The summed E-state index contributed by atoms with van der Waals surface area (Å²) in [5.41, 5.74) is 0.522. The predicted octanol–water partition coefficient (Wildman–Crippen LogP) is 1.91. The second kappa shape index (κ2) is 7.30. The maximum atomic E-state index is 11.5. The number of hydrogen-bond donors (Lipinski definition) is 1. The smallest absolute Gasteiger partial charge is 0.408 e. The molecule has 8 heteroatoms. The predicted molar refractivity (Wildman–Crippen MR) is 77.2 cm³/mol. The SMILES string of the molecule is CCOc1ccc(CN(C(=O)O)C(C)c2ncccn2)nn1. The molecule has 0 aliphatic heterocycles. The summed E-state index contributed by atoms with van der Waals surface area (Å²) in [5, 5.41) is 17.3. The van der Waals surface area contributed by atoms with E-state index in [9.17, 15) is 9.90 Å². The van der Waals surface area contributed by atoms with Crippen molar-refractivity contribution in [3.63, 3.8) is 0 Å². The van der Waals surface area contributed by atoms with E-state index < -0.39 is 12.1 Å². The molecule has 1 atom stereocenters. The van der Waals surface area contributed by atoms with Gasteiger partial charge in [0.1, 0.15) is 0 Å². The number of amides is 1. The van der Waals surface area contributed by atoms with E-state index in [0.29, 0.717) is 24.0 Å². The van der Waals surface area contributed by atoms with E-state index in [1.807, 2.05) is 6.92 Å². The molecule has 22 heavy (non-hydrogen) atoms. The highest BCUT2D eigenvalue weighted by molar-refractivity contribution is 5.65. The molecule has 116 valence electrons. The molecule has 0 aromatic carbocycles. The summed E-state index contributed by atoms with van der Waals surface area (Å²) in [4.78, 5) is 20.9. The van der Waals surface area contributed by atoms with Crippen molar-refractivity contribution >= 4 is 6.09 Å². The lowest BCUT2D eigenvalue weighted by Gasteiger charge is -2.24. The topological polar surface area (TPSA) is 101 Å². The monoisotopic (exact) mass is 303 g/mol. The molecule has 0 aliphatic rings. The van der Waals surface area contributed by atoms with Crippen molar-refractivity contribution in [2.24, 2.45) is 0 Å². The summed E-state index contributed by atoms with van der Waals surface area (Å²) in [6.45, 7) is 4.17. The molecule has 2 rings (SSSR count). The summed E-state index contributed by atoms with van der Waals surface area (Å²) >= 11 is 0. The Labute approximate surface area is 127 Å². The molecule has 0 fully saturated rings. The Hall–Kier alpha value is -2.77. The van der Waals surface area contributed by atoms with Crippen LogP contribution >= 0.6 is 0 Å². The van der Waals surface area contributed by atoms with Gasteiger partial charge in [0, 0.05) is 18.5 Å². The van der Waals surface area contributed by atoms with Crippen LogP contribution in [0.4, 0.5) is 4.79 Å². The fourth-order valence-electron chi connectivity index (χ4n) is 1.87. The summed E-state index contributed by atoms with van der Waals surface area (Å²) in [5.74, 6) is 0.844. The number of hydrogen-bond acceptors (Lipinski definition) is 6. The van der Waals surface area contributed by atoms with Gasteiger partial charge in [-0.3, -0.25) is 4.90 Å². The van der Waals surface area contributed by atoms with Crippen molar-refractivity contribution < 1.29 is 14.6 Å². The summed E-state index contributed by atoms with van der Waals surface area (Å²) in [6.07, 6.45) is 2.08. The van der Waals surface area contributed by atoms with Crippen molar-refractivity contribution in [1.82, 2.24) is 25.1 Å². The fraction of sp³-hybridized carbons (Fsp3) is 0.357. The van der Waals surface area contributed by atoms with Crippen LogP contribution in [0.15, 0.2) is 30.6 Å². The number of rotatable bonds is 6. The van der Waals surface area contributed by atoms with Crippen molar-refractivity contribution in [2.75, 3.05) is 6.61 Å². The van der Waals surface area contributed by atoms with Gasteiger partial charge in [-0.1, -0.05) is 0 Å². The number of aromatic nitrogens is 4. The van der Waals surface area contributed by atoms with Gasteiger partial charge in [0.25, 0.3) is 0 Å². The summed E-state index contributed by atoms with van der Waals surface area (Å²) in [7, 11) is 0. The third-order valence-electron chi connectivity index (χ3n) is 2.99. The van der Waals surface area contributed by atoms with Crippen molar-refractivity contribution in [3.8, 4) is 5.88 Å². The fourth-order valence-corrected chi connectivity index (χ4v) is 1.87. The first kappa shape index (κ1) is 15.6. The van der Waals surface area contributed by atoms with Gasteiger partial charge < -0.3 is 9.84 Å². The third-order valence-corrected chi connectivity index (χ3v) is 2.99. The minimum absolute atomic E-state index is 0.0914. The minimum atomic E-state index is -1.07. The van der Waals surface area contributed by atoms with Gasteiger partial charge in [0.2, 0.25) is 5.88 Å². The van der Waals surface area contributed by atoms with Gasteiger partial charge in [-0.2, -0.15) is 5.10 Å². The third kappa shape index (κ3) is 3.87. The van der Waals surface area contributed by atoms with Crippen LogP contribution in [-0.4, -0.2) is 42.9 Å². The molecule has 1 N–H and O–H groups in total. The molecular formula is C14H17N5O3. The van der Waals surface area contributed by atoms with Crippen molar-refractivity contribution in [3.05, 3.63) is 42.1 Å². The Balaban J connectivity index is 2.13. The van der Waals surface area contributed by atoms with Crippen LogP contribution in [0.25, 0.3) is 0 Å². The molecule has 0 bridgehead atoms. The zero-order valence-corrected chi connectivity index (χ0v) is 12.4. The van der Waals surface area contributed by atoms with E-state index in [1.54, 1.807) is 37.5 Å². The molecule has 8 nitrogen and oxygen atoms in total. The molecule has 1 unspecified atom stereocenters. The highest BCUT2D eigenvalue weighted by atomic mass is 16.5. The van der Waals surface area contributed by atoms with Gasteiger partial charge in [0.15, 0.2) is 5.82 Å². The quantitative estimate of drug-likeness (QED) is 0.869. The largest absolute Gasteiger partial charge is 0.477 e. The molecule has 0 radical (unpaired) electrons. The van der Waals surface area contributed by atoms with Gasteiger partial charge in [-0.25, -0.2) is 14.8 Å². The van der Waals surface area contributed by atoms with E-state index in [1.165, 1.54) is 4.90 Å². The van der Waals surface area contributed by atoms with Crippen molar-refractivity contribution in [1.29, 1.82) is 0 Å². The van der Waals surface area contributed by atoms with Crippen molar-refractivity contribution in [2.45, 2.75) is 26.4 Å². The van der Waals surface area contributed by atoms with E-state index in [-0.39, 0.29) is 6.54 Å². The Morgan fingerprint density at radius 1 is 1.32 bits per heavy atom. The molecule has 2 aromatic heterocycles. The zero-order valence-electron chi connectivity index (χ0n) is 12.4. The van der Waals surface area contributed by atoms with E-state index in [2.05, 4.69) is 20.2 Å². The van der Waals surface area contributed by atoms with Crippen LogP contribution in [-0.2, 0) is 6.54 Å². The molecule has 0 spiro atoms. The minimum Gasteiger partial charge on any atom is -0.477 e. The van der Waals surface area contributed by atoms with Crippen LogP contribution in [0.2, 0.25) is 0 Å². The average Bonchev–Trinajstić information content (AvgIpc) is 2.54. The maximum absolute atomic E-state index is 11.5. The normalized spacial score (nSPS) is 11.7. The van der Waals surface area contributed by atoms with E-state index in [4.69, 9.17) is 4.74 Å². The first-order valence-corrected chi connectivity index (χ1v) is 6.83. The number of ether oxygens (including phenoxy) is 1. The van der Waals surface area contributed by atoms with Crippen LogP contribution < -0.4 is 4.74 Å². The lowest BCUT2D eigenvalue weighted by molar-refractivity contribution is 0.121. The molecule has 2 aromatic rings. The molecular weight excluding hydrogens is 286 g/mol. The van der Waals surface area contributed by atoms with Crippen LogP contribution in [0.1, 0.15) is 31.4 Å². The molecule has 0 saturated carbocycles. The molecule has 0 aliphatic carbocycles. The Morgan fingerprint density at radius 3 is 2.59 bits per heavy atom. The number of carboxylic acid groups (broad SMARTS) is 1. The van der Waals surface area contributed by atoms with Gasteiger partial charge in [0.05, 0.1) is 24.9 Å². The zero-order chi connectivity index (χ0) is 15.9. The Bertz CT molecular complexity index is 606. The van der Waals surface area contributed by atoms with Gasteiger partial charge in [-0.15, -0.1) is 5.10 Å². The highest BCUT2D eigenvalue weighted by Crippen LogP contribution is 2.18. The van der Waals surface area contributed by atoms with Gasteiger partial charge in [-0.05, 0) is 26.0 Å². The molecule has 2 heterocycles. The van der Waals surface area contributed by atoms with E-state index >= 15 is 0 Å². The average molecular weight is 303 g/mol.